The van der Waals surface area contributed by atoms with Gasteiger partial charge in [-0.25, -0.2) is 0 Å². The SMILES string of the molecule is [B][C@@H]1C[C@H](CCP(=O)(O)OC)[C@@H](OC)[C@H]1OP(O)(=S)OC(C)(C)C. The molecule has 6 atom stereocenters. The molecular formula is C13H27BO7P2S. The van der Waals surface area contributed by atoms with E-state index >= 15 is 0 Å². The zero-order valence-electron chi connectivity index (χ0n) is 14.7. The molecule has 7 nitrogen and oxygen atoms in total. The smallest absolute Gasteiger partial charge is 0.327 e. The molecule has 1 rings (SSSR count). The van der Waals surface area contributed by atoms with Crippen LogP contribution in [0.4, 0.5) is 0 Å². The first-order valence-electron chi connectivity index (χ1n) is 7.68. The molecule has 0 heterocycles. The minimum atomic E-state index is -3.60. The first-order chi connectivity index (χ1) is 10.8. The summed E-state index contributed by atoms with van der Waals surface area (Å²) in [5.41, 5.74) is -0.656. The van der Waals surface area contributed by atoms with Gasteiger partial charge >= 0.3 is 14.3 Å². The molecule has 0 spiro atoms. The van der Waals surface area contributed by atoms with Crippen molar-refractivity contribution in [3.05, 3.63) is 0 Å². The Kier molecular flexibility index (Phi) is 8.15. The van der Waals surface area contributed by atoms with E-state index in [1.807, 2.05) is 0 Å². The van der Waals surface area contributed by atoms with E-state index in [0.717, 1.165) is 0 Å². The molecule has 2 N–H and O–H groups in total. The van der Waals surface area contributed by atoms with Gasteiger partial charge in [-0.2, -0.15) is 0 Å². The molecule has 1 saturated carbocycles. The number of ether oxygens (including phenoxy) is 1. The summed E-state index contributed by atoms with van der Waals surface area (Å²) < 4.78 is 32.8. The molecule has 0 aromatic carbocycles. The van der Waals surface area contributed by atoms with Gasteiger partial charge in [-0.05, 0) is 50.7 Å². The van der Waals surface area contributed by atoms with Crippen molar-refractivity contribution < 1.29 is 32.7 Å². The van der Waals surface area contributed by atoms with E-state index in [4.69, 9.17) is 33.4 Å². The number of hydrogen-bond acceptors (Lipinski definition) is 6. The Labute approximate surface area is 150 Å². The molecule has 0 aliphatic heterocycles. The molecule has 24 heavy (non-hydrogen) atoms. The van der Waals surface area contributed by atoms with Crippen LogP contribution in [0.5, 0.6) is 0 Å². The number of hydrogen-bond donors (Lipinski definition) is 2. The van der Waals surface area contributed by atoms with Gasteiger partial charge in [0.2, 0.25) is 0 Å². The highest BCUT2D eigenvalue weighted by Crippen LogP contribution is 2.54. The van der Waals surface area contributed by atoms with Crippen molar-refractivity contribution in [2.24, 2.45) is 5.92 Å². The topological polar surface area (TPSA) is 94.5 Å². The van der Waals surface area contributed by atoms with Gasteiger partial charge in [0, 0.05) is 14.2 Å². The predicted octanol–water partition coefficient (Wildman–Crippen LogP) is 2.62. The molecule has 2 radical (unpaired) electrons. The van der Waals surface area contributed by atoms with E-state index in [2.05, 4.69) is 4.52 Å². The van der Waals surface area contributed by atoms with Crippen LogP contribution in [-0.2, 0) is 34.7 Å². The van der Waals surface area contributed by atoms with Crippen molar-refractivity contribution in [2.75, 3.05) is 20.4 Å². The van der Waals surface area contributed by atoms with Crippen LogP contribution in [0.1, 0.15) is 33.6 Å². The van der Waals surface area contributed by atoms with Gasteiger partial charge in [-0.1, -0.05) is 6.42 Å². The van der Waals surface area contributed by atoms with Crippen molar-refractivity contribution >= 4 is 34.0 Å². The van der Waals surface area contributed by atoms with Crippen LogP contribution in [0.2, 0.25) is 5.82 Å². The van der Waals surface area contributed by atoms with Crippen LogP contribution in [0, 0.1) is 5.92 Å². The average molecular weight is 400 g/mol. The lowest BCUT2D eigenvalue weighted by Gasteiger charge is -2.31. The summed E-state index contributed by atoms with van der Waals surface area (Å²) in [7, 11) is 5.23. The molecule has 2 unspecified atom stereocenters. The monoisotopic (exact) mass is 400 g/mol. The molecule has 0 aromatic heterocycles. The van der Waals surface area contributed by atoms with Gasteiger partial charge in [0.15, 0.2) is 0 Å². The maximum Gasteiger partial charge on any atom is 0.327 e. The molecule has 0 saturated heterocycles. The van der Waals surface area contributed by atoms with Crippen LogP contribution in [0.3, 0.4) is 0 Å². The highest BCUT2D eigenvalue weighted by atomic mass is 32.5. The molecule has 11 heteroatoms. The highest BCUT2D eigenvalue weighted by Gasteiger charge is 2.45. The van der Waals surface area contributed by atoms with Crippen molar-refractivity contribution in [3.8, 4) is 0 Å². The second kappa shape index (κ2) is 8.60. The van der Waals surface area contributed by atoms with Crippen molar-refractivity contribution in [1.29, 1.82) is 0 Å². The van der Waals surface area contributed by atoms with Crippen molar-refractivity contribution in [3.63, 3.8) is 0 Å². The Morgan fingerprint density at radius 3 is 2.29 bits per heavy atom. The molecule has 1 aliphatic carbocycles. The predicted molar refractivity (Wildman–Crippen MR) is 96.9 cm³/mol. The Morgan fingerprint density at radius 1 is 1.25 bits per heavy atom. The summed E-state index contributed by atoms with van der Waals surface area (Å²) in [4.78, 5) is 19.8. The van der Waals surface area contributed by atoms with Crippen molar-refractivity contribution in [2.45, 2.75) is 57.2 Å². The fourth-order valence-electron chi connectivity index (χ4n) is 2.82. The maximum atomic E-state index is 11.6. The largest absolute Gasteiger partial charge is 0.378 e. The third kappa shape index (κ3) is 7.14. The van der Waals surface area contributed by atoms with Gasteiger partial charge in [0.25, 0.3) is 0 Å². The number of methoxy groups -OCH3 is 1. The van der Waals surface area contributed by atoms with Crippen LogP contribution >= 0.6 is 14.3 Å². The maximum absolute atomic E-state index is 11.6. The standard InChI is InChI=1S/C13H27BO7P2S/c1-13(2,3)21-23(17,24)20-12-10(14)8-9(11(12)18-4)6-7-22(15,16)19-5/h9-12H,6-8H2,1-5H3,(H,15,16)(H,17,24)/t9-,10+,11+,12-,23?/m0/s1. The zero-order valence-corrected chi connectivity index (χ0v) is 17.4. The first-order valence-corrected chi connectivity index (χ1v) is 12.0. The second-order valence-corrected chi connectivity index (χ2v) is 11.7. The summed E-state index contributed by atoms with van der Waals surface area (Å²) in [6, 6.07) is 0. The van der Waals surface area contributed by atoms with Crippen LogP contribution in [-0.4, -0.2) is 55.8 Å². The Morgan fingerprint density at radius 2 is 1.83 bits per heavy atom. The first kappa shape index (κ1) is 22.7. The molecule has 0 amide bonds. The van der Waals surface area contributed by atoms with Gasteiger partial charge in [-0.15, -0.1) is 0 Å². The second-order valence-electron chi connectivity index (χ2n) is 6.93. The van der Waals surface area contributed by atoms with Gasteiger partial charge in [0.1, 0.15) is 0 Å². The molecule has 1 aliphatic rings. The minimum absolute atomic E-state index is 0.000751. The van der Waals surface area contributed by atoms with E-state index in [-0.39, 0.29) is 12.1 Å². The van der Waals surface area contributed by atoms with E-state index in [0.29, 0.717) is 12.8 Å². The van der Waals surface area contributed by atoms with E-state index in [1.165, 1.54) is 14.2 Å². The summed E-state index contributed by atoms with van der Waals surface area (Å²) in [6.45, 7) is 1.81. The lowest BCUT2D eigenvalue weighted by atomic mass is 9.83. The summed E-state index contributed by atoms with van der Waals surface area (Å²) >= 11 is 5.07. The van der Waals surface area contributed by atoms with Crippen LogP contribution < -0.4 is 0 Å². The van der Waals surface area contributed by atoms with Gasteiger partial charge < -0.3 is 28.1 Å². The van der Waals surface area contributed by atoms with E-state index < -0.39 is 37.9 Å². The van der Waals surface area contributed by atoms with E-state index in [9.17, 15) is 14.4 Å². The van der Waals surface area contributed by atoms with E-state index in [1.54, 1.807) is 20.8 Å². The summed E-state index contributed by atoms with van der Waals surface area (Å²) in [6.07, 6.45) is -0.173. The fraction of sp³-hybridized carbons (Fsp3) is 1.00. The minimum Gasteiger partial charge on any atom is -0.378 e. The Bertz CT molecular complexity index is 513. The Balaban J connectivity index is 2.78. The number of rotatable bonds is 8. The van der Waals surface area contributed by atoms with Gasteiger partial charge in [-0.3, -0.25) is 4.57 Å². The molecule has 0 aromatic rings. The lowest BCUT2D eigenvalue weighted by molar-refractivity contribution is -0.0174. The summed E-state index contributed by atoms with van der Waals surface area (Å²) in [5.74, 6) is -0.520. The highest BCUT2D eigenvalue weighted by molar-refractivity contribution is 8.07. The van der Waals surface area contributed by atoms with Gasteiger partial charge in [0.05, 0.1) is 31.8 Å². The average Bonchev–Trinajstić information content (AvgIpc) is 2.69. The van der Waals surface area contributed by atoms with Crippen molar-refractivity contribution in [1.82, 2.24) is 0 Å². The quantitative estimate of drug-likeness (QED) is 0.475. The normalized spacial score (nSPS) is 33.1. The fourth-order valence-corrected chi connectivity index (χ4v) is 5.95. The van der Waals surface area contributed by atoms with Crippen LogP contribution in [0.25, 0.3) is 0 Å². The summed E-state index contributed by atoms with van der Waals surface area (Å²) in [5, 5.41) is 0. The van der Waals surface area contributed by atoms with Crippen LogP contribution in [0.15, 0.2) is 0 Å². The molecule has 0 bridgehead atoms. The molecule has 140 valence electrons. The molecule has 1 fully saturated rings. The third-order valence-electron chi connectivity index (χ3n) is 3.77. The Hall–Kier alpha value is 0.705. The molecular weight excluding hydrogens is 373 g/mol. The third-order valence-corrected chi connectivity index (χ3v) is 6.93. The lowest BCUT2D eigenvalue weighted by Crippen LogP contribution is -2.32. The zero-order chi connectivity index (χ0) is 18.8.